The summed E-state index contributed by atoms with van der Waals surface area (Å²) in [5.74, 6) is 1.21. The summed E-state index contributed by atoms with van der Waals surface area (Å²) < 4.78 is 0. The maximum Gasteiger partial charge on any atom is 0.189 e. The fraction of sp³-hybridized carbons (Fsp3) is 0.200. The maximum atomic E-state index is 5.54. The van der Waals surface area contributed by atoms with Gasteiger partial charge in [-0.05, 0) is 0 Å². The van der Waals surface area contributed by atoms with E-state index in [0.29, 0.717) is 5.88 Å². The molecule has 0 aromatic carbocycles. The Labute approximate surface area is 66.1 Å². The topological polar surface area (TPSA) is 41.6 Å². The van der Waals surface area contributed by atoms with Gasteiger partial charge in [-0.25, -0.2) is 9.97 Å². The molecule has 0 aliphatic heterocycles. The van der Waals surface area contributed by atoms with Crippen LogP contribution < -0.4 is 0 Å². The summed E-state index contributed by atoms with van der Waals surface area (Å²) in [5.41, 5.74) is 2.52. The molecule has 2 aromatic rings. The van der Waals surface area contributed by atoms with Crippen LogP contribution in [-0.4, -0.2) is 15.0 Å². The zero-order valence-corrected chi connectivity index (χ0v) is 6.54. The van der Waals surface area contributed by atoms with Gasteiger partial charge >= 0.3 is 0 Å². The zero-order valence-electron chi connectivity index (χ0n) is 4.97. The smallest absolute Gasteiger partial charge is 0.189 e. The Kier molecular flexibility index (Phi) is 1.35. The summed E-state index contributed by atoms with van der Waals surface area (Å²) in [6.45, 7) is 0. The number of hydrogen-bond acceptors (Lipinski definition) is 3. The molecule has 0 spiro atoms. The van der Waals surface area contributed by atoms with Gasteiger partial charge in [-0.3, -0.25) is 0 Å². The summed E-state index contributed by atoms with van der Waals surface area (Å²) in [6, 6.07) is 0. The molecule has 1 N–H and O–H groups in total. The number of thiazole rings is 1. The third-order valence-electron chi connectivity index (χ3n) is 1.17. The summed E-state index contributed by atoms with van der Waals surface area (Å²) in [5, 5.41) is 0. The van der Waals surface area contributed by atoms with Gasteiger partial charge in [-0.2, -0.15) is 0 Å². The Bertz CT molecular complexity index is 311. The highest BCUT2D eigenvalue weighted by Crippen LogP contribution is 2.14. The van der Waals surface area contributed by atoms with Crippen LogP contribution in [0.1, 0.15) is 5.82 Å². The molecule has 0 aliphatic carbocycles. The van der Waals surface area contributed by atoms with Crippen LogP contribution in [0.3, 0.4) is 0 Å². The number of aromatic nitrogens is 3. The molecule has 0 fully saturated rings. The molecular weight excluding hydrogens is 170 g/mol. The molecule has 10 heavy (non-hydrogen) atoms. The average Bonchev–Trinajstić information content (AvgIpc) is 2.42. The lowest BCUT2D eigenvalue weighted by Crippen LogP contribution is -1.78. The summed E-state index contributed by atoms with van der Waals surface area (Å²) in [6.07, 6.45) is 0. The molecule has 2 aromatic heterocycles. The molecular formula is C5H4ClN3S. The average molecular weight is 174 g/mol. The summed E-state index contributed by atoms with van der Waals surface area (Å²) >= 11 is 7.07. The predicted octanol–water partition coefficient (Wildman–Crippen LogP) is 1.76. The van der Waals surface area contributed by atoms with Crippen molar-refractivity contribution in [2.45, 2.75) is 5.88 Å². The molecule has 0 atom stereocenters. The molecule has 0 saturated carbocycles. The Hall–Kier alpha value is -0.610. The van der Waals surface area contributed by atoms with Gasteiger partial charge in [-0.15, -0.1) is 22.9 Å². The molecule has 5 heteroatoms. The molecule has 2 rings (SSSR count). The third kappa shape index (κ3) is 0.803. The van der Waals surface area contributed by atoms with E-state index in [4.69, 9.17) is 11.6 Å². The fourth-order valence-electron chi connectivity index (χ4n) is 0.755. The standard InChI is InChI=1S/C5H4ClN3S/c6-1-3-8-4-5(9-3)10-2-7-4/h2H,1H2,(H,8,9). The molecule has 3 nitrogen and oxygen atoms in total. The molecule has 0 unspecified atom stereocenters. The minimum absolute atomic E-state index is 0.420. The van der Waals surface area contributed by atoms with Crippen molar-refractivity contribution < 1.29 is 0 Å². The Morgan fingerprint density at radius 3 is 3.30 bits per heavy atom. The van der Waals surface area contributed by atoms with E-state index < -0.39 is 0 Å². The first-order valence-electron chi connectivity index (χ1n) is 2.74. The Morgan fingerprint density at radius 1 is 1.70 bits per heavy atom. The molecule has 0 amide bonds. The summed E-state index contributed by atoms with van der Waals surface area (Å²) in [4.78, 5) is 12.1. The lowest BCUT2D eigenvalue weighted by atomic mass is 10.7. The molecule has 0 radical (unpaired) electrons. The second-order valence-electron chi connectivity index (χ2n) is 1.82. The first-order chi connectivity index (χ1) is 4.90. The Balaban J connectivity index is 2.67. The number of fused-ring (bicyclic) bond motifs is 1. The minimum Gasteiger partial charge on any atom is -0.331 e. The van der Waals surface area contributed by atoms with E-state index >= 15 is 0 Å². The number of aromatic amines is 1. The van der Waals surface area contributed by atoms with Gasteiger partial charge in [0.05, 0.1) is 11.4 Å². The summed E-state index contributed by atoms with van der Waals surface area (Å²) in [7, 11) is 0. The molecule has 0 saturated heterocycles. The van der Waals surface area contributed by atoms with Crippen LogP contribution in [0.15, 0.2) is 5.51 Å². The van der Waals surface area contributed by atoms with E-state index in [9.17, 15) is 0 Å². The van der Waals surface area contributed by atoms with Crippen LogP contribution in [0, 0.1) is 0 Å². The van der Waals surface area contributed by atoms with Crippen LogP contribution in [0.4, 0.5) is 0 Å². The van der Waals surface area contributed by atoms with Crippen molar-refractivity contribution >= 4 is 33.4 Å². The van der Waals surface area contributed by atoms with Crippen molar-refractivity contribution in [3.05, 3.63) is 11.3 Å². The third-order valence-corrected chi connectivity index (χ3v) is 2.16. The number of nitrogens with zero attached hydrogens (tertiary/aromatic N) is 2. The van der Waals surface area contributed by atoms with Crippen molar-refractivity contribution in [3.8, 4) is 0 Å². The van der Waals surface area contributed by atoms with Crippen molar-refractivity contribution in [2.24, 2.45) is 0 Å². The van der Waals surface area contributed by atoms with Crippen molar-refractivity contribution in [1.29, 1.82) is 0 Å². The van der Waals surface area contributed by atoms with E-state index in [-0.39, 0.29) is 0 Å². The molecule has 52 valence electrons. The number of hydrogen-bond donors (Lipinski definition) is 1. The van der Waals surface area contributed by atoms with E-state index in [2.05, 4.69) is 15.0 Å². The first kappa shape index (κ1) is 6.12. The quantitative estimate of drug-likeness (QED) is 0.668. The van der Waals surface area contributed by atoms with E-state index in [1.165, 1.54) is 11.3 Å². The lowest BCUT2D eigenvalue weighted by molar-refractivity contribution is 1.13. The van der Waals surface area contributed by atoms with Gasteiger partial charge in [0, 0.05) is 0 Å². The number of halogens is 1. The van der Waals surface area contributed by atoms with Gasteiger partial charge in [0.25, 0.3) is 0 Å². The van der Waals surface area contributed by atoms with Gasteiger partial charge < -0.3 is 4.98 Å². The predicted molar refractivity (Wildman–Crippen MR) is 41.3 cm³/mol. The highest BCUT2D eigenvalue weighted by molar-refractivity contribution is 7.16. The Morgan fingerprint density at radius 2 is 2.60 bits per heavy atom. The normalized spacial score (nSPS) is 10.9. The molecule has 0 aliphatic rings. The second kappa shape index (κ2) is 2.21. The van der Waals surface area contributed by atoms with E-state index in [1.54, 1.807) is 5.51 Å². The van der Waals surface area contributed by atoms with Crippen LogP contribution in [0.2, 0.25) is 0 Å². The van der Waals surface area contributed by atoms with Crippen LogP contribution in [-0.2, 0) is 5.88 Å². The highest BCUT2D eigenvalue weighted by Gasteiger charge is 2.01. The number of H-pyrrole nitrogens is 1. The minimum atomic E-state index is 0.420. The maximum absolute atomic E-state index is 5.54. The first-order valence-corrected chi connectivity index (χ1v) is 4.15. The lowest BCUT2D eigenvalue weighted by Gasteiger charge is -1.79. The van der Waals surface area contributed by atoms with Crippen molar-refractivity contribution in [1.82, 2.24) is 15.0 Å². The van der Waals surface area contributed by atoms with Crippen molar-refractivity contribution in [2.75, 3.05) is 0 Å². The van der Waals surface area contributed by atoms with Crippen LogP contribution in [0.5, 0.6) is 0 Å². The van der Waals surface area contributed by atoms with Crippen molar-refractivity contribution in [3.63, 3.8) is 0 Å². The number of imidazole rings is 1. The second-order valence-corrected chi connectivity index (χ2v) is 2.94. The molecule has 2 heterocycles. The number of rotatable bonds is 1. The van der Waals surface area contributed by atoms with Crippen LogP contribution in [0.25, 0.3) is 10.5 Å². The largest absolute Gasteiger partial charge is 0.331 e. The molecule has 0 bridgehead atoms. The van der Waals surface area contributed by atoms with Gasteiger partial charge in [-0.1, -0.05) is 0 Å². The zero-order chi connectivity index (χ0) is 6.97. The van der Waals surface area contributed by atoms with E-state index in [0.717, 1.165) is 16.3 Å². The van der Waals surface area contributed by atoms with Gasteiger partial charge in [0.1, 0.15) is 10.7 Å². The van der Waals surface area contributed by atoms with E-state index in [1.807, 2.05) is 0 Å². The number of nitrogens with one attached hydrogen (secondary N) is 1. The highest BCUT2D eigenvalue weighted by atomic mass is 35.5. The van der Waals surface area contributed by atoms with Gasteiger partial charge in [0.2, 0.25) is 0 Å². The fourth-order valence-corrected chi connectivity index (χ4v) is 1.52. The van der Waals surface area contributed by atoms with Crippen LogP contribution >= 0.6 is 22.9 Å². The van der Waals surface area contributed by atoms with Gasteiger partial charge in [0.15, 0.2) is 5.65 Å². The SMILES string of the molecule is ClCc1nc2ncsc2[nH]1. The monoisotopic (exact) mass is 173 g/mol. The number of alkyl halides is 1.